The molecule has 0 heterocycles. The quantitative estimate of drug-likeness (QED) is 0.683. The molecule has 0 aromatic heterocycles. The van der Waals surface area contributed by atoms with Gasteiger partial charge in [0, 0.05) is 0 Å². The minimum absolute atomic E-state index is 0.0962. The summed E-state index contributed by atoms with van der Waals surface area (Å²) < 4.78 is 5.11. The van der Waals surface area contributed by atoms with Gasteiger partial charge < -0.3 is 15.2 Å². The monoisotopic (exact) mass is 323 g/mol. The summed E-state index contributed by atoms with van der Waals surface area (Å²) in [5.41, 5.74) is -0.537. The Morgan fingerprint density at radius 1 is 1.41 bits per heavy atom. The van der Waals surface area contributed by atoms with Crippen LogP contribution in [0, 0.1) is 0 Å². The van der Waals surface area contributed by atoms with Crippen molar-refractivity contribution in [1.82, 2.24) is 5.32 Å². The minimum Gasteiger partial charge on any atom is -0.479 e. The molecule has 0 bridgehead atoms. The molecule has 0 fully saturated rings. The molecule has 120 valence electrons. The normalized spacial score (nSPS) is 13.0. The number of hydrogen-bond donors (Lipinski definition) is 2. The maximum Gasteiger partial charge on any atom is 0.408 e. The van der Waals surface area contributed by atoms with Gasteiger partial charge in [0.25, 0.3) is 0 Å². The van der Waals surface area contributed by atoms with Gasteiger partial charge in [0.1, 0.15) is 12.1 Å². The molecule has 0 unspecified atom stereocenters. The van der Waals surface area contributed by atoms with Crippen LogP contribution >= 0.6 is 11.8 Å². The number of carbonyl (C=O) groups is 2. The number of rotatable bonds is 9. The molecule has 1 rings (SSSR count). The number of amides is 1. The highest BCUT2D eigenvalue weighted by molar-refractivity contribution is 7.98. The van der Waals surface area contributed by atoms with Crippen LogP contribution < -0.4 is 5.32 Å². The molecule has 0 aliphatic carbocycles. The Labute approximate surface area is 134 Å². The molecule has 5 nitrogen and oxygen atoms in total. The van der Waals surface area contributed by atoms with Crippen LogP contribution in [0.15, 0.2) is 43.0 Å². The molecule has 1 aromatic rings. The summed E-state index contributed by atoms with van der Waals surface area (Å²) in [6.45, 7) is 3.67. The number of thioether (sulfide) groups is 1. The van der Waals surface area contributed by atoms with Crippen molar-refractivity contribution in [2.24, 2.45) is 0 Å². The molecule has 6 heteroatoms. The van der Waals surface area contributed by atoms with Gasteiger partial charge in [0.15, 0.2) is 0 Å². The lowest BCUT2D eigenvalue weighted by molar-refractivity contribution is -0.144. The Morgan fingerprint density at radius 2 is 2.09 bits per heavy atom. The summed E-state index contributed by atoms with van der Waals surface area (Å²) in [6, 6.07) is 9.21. The Kier molecular flexibility index (Phi) is 7.52. The smallest absolute Gasteiger partial charge is 0.408 e. The third kappa shape index (κ3) is 5.44. The summed E-state index contributed by atoms with van der Waals surface area (Å²) in [6.07, 6.45) is 3.08. The molecule has 0 aliphatic rings. The maximum atomic E-state index is 11.9. The number of carboxylic acids is 1. The Balaban J connectivity index is 2.68. The first-order valence-electron chi connectivity index (χ1n) is 6.86. The highest BCUT2D eigenvalue weighted by Gasteiger charge is 2.39. The summed E-state index contributed by atoms with van der Waals surface area (Å²) in [4.78, 5) is 23.5. The van der Waals surface area contributed by atoms with Gasteiger partial charge in [-0.05, 0) is 30.4 Å². The highest BCUT2D eigenvalue weighted by atomic mass is 32.2. The number of carboxylic acid groups (broad SMARTS) is 1. The molecule has 1 atom stereocenters. The van der Waals surface area contributed by atoms with Gasteiger partial charge in [-0.3, -0.25) is 0 Å². The second-order valence-electron chi connectivity index (χ2n) is 4.81. The van der Waals surface area contributed by atoms with E-state index in [1.165, 1.54) is 17.8 Å². The SMILES string of the molecule is C=CC[C@@](CCSC)(NC(=O)OCc1ccccc1)C(=O)O. The molecule has 0 saturated heterocycles. The van der Waals surface area contributed by atoms with Gasteiger partial charge in [-0.15, -0.1) is 6.58 Å². The van der Waals surface area contributed by atoms with Crippen molar-refractivity contribution in [3.05, 3.63) is 48.6 Å². The molecule has 1 amide bonds. The van der Waals surface area contributed by atoms with Gasteiger partial charge >= 0.3 is 12.1 Å². The van der Waals surface area contributed by atoms with Crippen molar-refractivity contribution in [2.45, 2.75) is 25.0 Å². The molecule has 22 heavy (non-hydrogen) atoms. The lowest BCUT2D eigenvalue weighted by Crippen LogP contribution is -2.54. The predicted octanol–water partition coefficient (Wildman–Crippen LogP) is 3.07. The fourth-order valence-electron chi connectivity index (χ4n) is 1.94. The van der Waals surface area contributed by atoms with Crippen molar-refractivity contribution in [2.75, 3.05) is 12.0 Å². The fraction of sp³-hybridized carbons (Fsp3) is 0.375. The summed E-state index contributed by atoms with van der Waals surface area (Å²) in [5.74, 6) is -0.475. The number of nitrogens with one attached hydrogen (secondary N) is 1. The average molecular weight is 323 g/mol. The molecule has 0 spiro atoms. The first-order valence-corrected chi connectivity index (χ1v) is 8.25. The van der Waals surface area contributed by atoms with Crippen LogP contribution in [0.2, 0.25) is 0 Å². The zero-order valence-corrected chi connectivity index (χ0v) is 13.4. The lowest BCUT2D eigenvalue weighted by atomic mass is 9.92. The van der Waals surface area contributed by atoms with Crippen LogP contribution in [0.4, 0.5) is 4.79 Å². The third-order valence-corrected chi connectivity index (χ3v) is 3.80. The van der Waals surface area contributed by atoms with Gasteiger partial charge in [0.2, 0.25) is 0 Å². The van der Waals surface area contributed by atoms with Crippen LogP contribution in [0.1, 0.15) is 18.4 Å². The molecular formula is C16H21NO4S. The molecule has 2 N–H and O–H groups in total. The first-order chi connectivity index (χ1) is 10.5. The van der Waals surface area contributed by atoms with Crippen molar-refractivity contribution in [3.8, 4) is 0 Å². The van der Waals surface area contributed by atoms with E-state index in [0.29, 0.717) is 12.2 Å². The van der Waals surface area contributed by atoms with E-state index < -0.39 is 17.6 Å². The van der Waals surface area contributed by atoms with E-state index >= 15 is 0 Å². The van der Waals surface area contributed by atoms with Crippen molar-refractivity contribution in [1.29, 1.82) is 0 Å². The van der Waals surface area contributed by atoms with E-state index in [2.05, 4.69) is 11.9 Å². The van der Waals surface area contributed by atoms with Gasteiger partial charge in [-0.1, -0.05) is 36.4 Å². The number of alkyl carbamates (subject to hydrolysis) is 1. The van der Waals surface area contributed by atoms with E-state index in [0.717, 1.165) is 5.56 Å². The lowest BCUT2D eigenvalue weighted by Gasteiger charge is -2.28. The molecule has 0 aliphatic heterocycles. The second kappa shape index (κ2) is 9.15. The number of aliphatic carboxylic acids is 1. The van der Waals surface area contributed by atoms with Crippen molar-refractivity contribution < 1.29 is 19.4 Å². The zero-order chi connectivity index (χ0) is 16.4. The van der Waals surface area contributed by atoms with E-state index in [9.17, 15) is 14.7 Å². The van der Waals surface area contributed by atoms with Crippen molar-refractivity contribution >= 4 is 23.8 Å². The van der Waals surface area contributed by atoms with Gasteiger partial charge in [-0.2, -0.15) is 11.8 Å². The standard InChI is InChI=1S/C16H21NO4S/c1-3-9-16(14(18)19,10-11-22-2)17-15(20)21-12-13-7-5-4-6-8-13/h3-8H,1,9-12H2,2H3,(H,17,20)(H,18,19)/t16-/m0/s1. The summed E-state index contributed by atoms with van der Waals surface area (Å²) in [5, 5.41) is 12.0. The minimum atomic E-state index is -1.38. The Hall–Kier alpha value is -1.95. The highest BCUT2D eigenvalue weighted by Crippen LogP contribution is 2.20. The average Bonchev–Trinajstić information content (AvgIpc) is 2.51. The second-order valence-corrected chi connectivity index (χ2v) is 5.80. The zero-order valence-electron chi connectivity index (χ0n) is 12.6. The van der Waals surface area contributed by atoms with Crippen LogP contribution in [0.25, 0.3) is 0 Å². The van der Waals surface area contributed by atoms with Gasteiger partial charge in [0.05, 0.1) is 0 Å². The number of benzene rings is 1. The number of carbonyl (C=O) groups excluding carboxylic acids is 1. The molecule has 0 saturated carbocycles. The fourth-order valence-corrected chi connectivity index (χ4v) is 2.49. The summed E-state index contributed by atoms with van der Waals surface area (Å²) in [7, 11) is 0. The maximum absolute atomic E-state index is 11.9. The molecular weight excluding hydrogens is 302 g/mol. The van der Waals surface area contributed by atoms with E-state index in [1.807, 2.05) is 36.6 Å². The predicted molar refractivity (Wildman–Crippen MR) is 87.9 cm³/mol. The van der Waals surface area contributed by atoms with Crippen molar-refractivity contribution in [3.63, 3.8) is 0 Å². The topological polar surface area (TPSA) is 75.6 Å². The van der Waals surface area contributed by atoms with Crippen LogP contribution in [-0.2, 0) is 16.1 Å². The molecule has 1 aromatic carbocycles. The Morgan fingerprint density at radius 3 is 2.64 bits per heavy atom. The van der Waals surface area contributed by atoms with E-state index in [1.54, 1.807) is 0 Å². The van der Waals surface area contributed by atoms with Crippen LogP contribution in [0.3, 0.4) is 0 Å². The molecule has 0 radical (unpaired) electrons. The third-order valence-electron chi connectivity index (χ3n) is 3.19. The largest absolute Gasteiger partial charge is 0.479 e. The number of ether oxygens (including phenoxy) is 1. The van der Waals surface area contributed by atoms with Crippen LogP contribution in [0.5, 0.6) is 0 Å². The van der Waals surface area contributed by atoms with E-state index in [4.69, 9.17) is 4.74 Å². The Bertz CT molecular complexity index is 506. The first kappa shape index (κ1) is 18.1. The van der Waals surface area contributed by atoms with Gasteiger partial charge in [-0.25, -0.2) is 9.59 Å². The van der Waals surface area contributed by atoms with E-state index in [-0.39, 0.29) is 13.0 Å². The summed E-state index contributed by atoms with van der Waals surface area (Å²) >= 11 is 1.52. The van der Waals surface area contributed by atoms with Crippen LogP contribution in [-0.4, -0.2) is 34.7 Å². The number of hydrogen-bond acceptors (Lipinski definition) is 4.